The van der Waals surface area contributed by atoms with Gasteiger partial charge in [0.25, 0.3) is 0 Å². The van der Waals surface area contributed by atoms with Crippen LogP contribution in [-0.2, 0) is 6.18 Å². The predicted octanol–water partition coefficient (Wildman–Crippen LogP) is 5.20. The Kier molecular flexibility index (Phi) is 11.0. The van der Waals surface area contributed by atoms with E-state index in [-0.39, 0.29) is 6.04 Å². The standard InChI is InChI=1S/C11H15F3N4.C4H5F3.C2H6/c1-15-7-2-3-8(4-7)18-10-6-16-9(5-17-10)11(12,13)14;1-2-3-4(5,6)7;1-2/h5-8,15H,2-4H2,1H3,(H,17,18);2H,1,3H2;1-2H3. The van der Waals surface area contributed by atoms with Crippen LogP contribution in [0, 0.1) is 0 Å². The minimum absolute atomic E-state index is 0.244. The van der Waals surface area contributed by atoms with E-state index in [1.165, 1.54) is 0 Å². The molecule has 1 fully saturated rings. The minimum Gasteiger partial charge on any atom is -0.366 e. The van der Waals surface area contributed by atoms with Crippen LogP contribution < -0.4 is 10.6 Å². The number of halogens is 6. The Bertz CT molecular complexity index is 528. The maximum Gasteiger partial charge on any atom is 0.434 e. The van der Waals surface area contributed by atoms with Crippen LogP contribution >= 0.6 is 0 Å². The summed E-state index contributed by atoms with van der Waals surface area (Å²) in [5, 5.41) is 6.29. The summed E-state index contributed by atoms with van der Waals surface area (Å²) in [4.78, 5) is 7.11. The molecule has 1 aliphatic rings. The van der Waals surface area contributed by atoms with Gasteiger partial charge < -0.3 is 10.6 Å². The van der Waals surface area contributed by atoms with Gasteiger partial charge in [-0.2, -0.15) is 26.3 Å². The number of aromatic nitrogens is 2. The van der Waals surface area contributed by atoms with Crippen LogP contribution in [-0.4, -0.2) is 35.3 Å². The molecular weight excluding hydrogens is 374 g/mol. The molecule has 0 aromatic carbocycles. The van der Waals surface area contributed by atoms with Crippen LogP contribution in [0.2, 0.25) is 0 Å². The lowest BCUT2D eigenvalue weighted by Gasteiger charge is -2.14. The Morgan fingerprint density at radius 3 is 2.00 bits per heavy atom. The highest BCUT2D eigenvalue weighted by Gasteiger charge is 2.33. The molecule has 1 saturated carbocycles. The van der Waals surface area contributed by atoms with E-state index in [1.54, 1.807) is 0 Å². The average molecular weight is 400 g/mol. The van der Waals surface area contributed by atoms with Crippen molar-refractivity contribution in [2.75, 3.05) is 12.4 Å². The second kappa shape index (κ2) is 11.8. The average Bonchev–Trinajstić information content (AvgIpc) is 3.03. The molecule has 1 aromatic rings. The van der Waals surface area contributed by atoms with Crippen LogP contribution in [0.4, 0.5) is 32.2 Å². The molecule has 10 heteroatoms. The molecule has 2 unspecified atom stereocenters. The van der Waals surface area contributed by atoms with E-state index in [2.05, 4.69) is 27.2 Å². The molecule has 156 valence electrons. The van der Waals surface area contributed by atoms with Gasteiger partial charge in [-0.25, -0.2) is 9.97 Å². The van der Waals surface area contributed by atoms with E-state index in [0.717, 1.165) is 37.7 Å². The van der Waals surface area contributed by atoms with Crippen molar-refractivity contribution in [1.82, 2.24) is 15.3 Å². The normalized spacial score (nSPS) is 19.3. The topological polar surface area (TPSA) is 49.8 Å². The molecule has 1 aromatic heterocycles. The lowest BCUT2D eigenvalue weighted by Crippen LogP contribution is -2.24. The van der Waals surface area contributed by atoms with Crippen molar-refractivity contribution >= 4 is 5.82 Å². The Hall–Kier alpha value is -1.84. The molecule has 0 bridgehead atoms. The van der Waals surface area contributed by atoms with Crippen molar-refractivity contribution in [3.05, 3.63) is 30.7 Å². The number of allylic oxidation sites excluding steroid dienone is 1. The number of nitrogens with one attached hydrogen (secondary N) is 2. The molecule has 0 amide bonds. The summed E-state index contributed by atoms with van der Waals surface area (Å²) in [5.74, 6) is 0.393. The number of rotatable bonds is 4. The van der Waals surface area contributed by atoms with Crippen molar-refractivity contribution in [2.45, 2.75) is 64.0 Å². The van der Waals surface area contributed by atoms with Crippen LogP contribution in [0.15, 0.2) is 25.0 Å². The molecule has 2 N–H and O–H groups in total. The van der Waals surface area contributed by atoms with Gasteiger partial charge in [0, 0.05) is 12.1 Å². The minimum atomic E-state index is -4.43. The Labute approximate surface area is 155 Å². The molecule has 1 aliphatic carbocycles. The first-order valence-corrected chi connectivity index (χ1v) is 8.56. The zero-order valence-corrected chi connectivity index (χ0v) is 15.6. The highest BCUT2D eigenvalue weighted by molar-refractivity contribution is 5.33. The summed E-state index contributed by atoms with van der Waals surface area (Å²) in [6, 6.07) is 0.707. The fourth-order valence-electron chi connectivity index (χ4n) is 2.30. The largest absolute Gasteiger partial charge is 0.434 e. The molecule has 0 radical (unpaired) electrons. The van der Waals surface area contributed by atoms with Crippen molar-refractivity contribution < 1.29 is 26.3 Å². The number of nitrogens with zero attached hydrogens (tertiary/aromatic N) is 2. The third kappa shape index (κ3) is 10.8. The maximum absolute atomic E-state index is 12.3. The van der Waals surface area contributed by atoms with Crippen LogP contribution in [0.1, 0.15) is 45.2 Å². The number of hydrogen-bond acceptors (Lipinski definition) is 4. The molecule has 2 atom stereocenters. The van der Waals surface area contributed by atoms with Crippen LogP contribution in [0.25, 0.3) is 0 Å². The number of alkyl halides is 6. The molecule has 0 saturated heterocycles. The Balaban J connectivity index is 0.000000637. The molecule has 2 rings (SSSR count). The first kappa shape index (κ1) is 25.2. The zero-order chi connectivity index (χ0) is 21.1. The summed E-state index contributed by atoms with van der Waals surface area (Å²) >= 11 is 0. The van der Waals surface area contributed by atoms with E-state index >= 15 is 0 Å². The molecular formula is C17H26F6N4. The van der Waals surface area contributed by atoms with Gasteiger partial charge in [0.2, 0.25) is 0 Å². The van der Waals surface area contributed by atoms with Crippen molar-refractivity contribution in [2.24, 2.45) is 0 Å². The lowest BCUT2D eigenvalue weighted by atomic mass is 10.2. The van der Waals surface area contributed by atoms with E-state index < -0.39 is 24.5 Å². The predicted molar refractivity (Wildman–Crippen MR) is 93.4 cm³/mol. The quantitative estimate of drug-likeness (QED) is 0.539. The highest BCUT2D eigenvalue weighted by Crippen LogP contribution is 2.27. The van der Waals surface area contributed by atoms with Crippen LogP contribution in [0.5, 0.6) is 0 Å². The molecule has 0 spiro atoms. The van der Waals surface area contributed by atoms with E-state index in [0.29, 0.717) is 11.9 Å². The second-order valence-corrected chi connectivity index (χ2v) is 5.53. The van der Waals surface area contributed by atoms with Gasteiger partial charge >= 0.3 is 12.4 Å². The van der Waals surface area contributed by atoms with Gasteiger partial charge in [0.1, 0.15) is 5.82 Å². The maximum atomic E-state index is 12.3. The van der Waals surface area contributed by atoms with Crippen molar-refractivity contribution in [1.29, 1.82) is 0 Å². The van der Waals surface area contributed by atoms with Gasteiger partial charge in [-0.1, -0.05) is 19.9 Å². The van der Waals surface area contributed by atoms with Gasteiger partial charge in [0.05, 0.1) is 18.8 Å². The molecule has 4 nitrogen and oxygen atoms in total. The highest BCUT2D eigenvalue weighted by atomic mass is 19.4. The summed E-state index contributed by atoms with van der Waals surface area (Å²) < 4.78 is 69.8. The number of hydrogen-bond donors (Lipinski definition) is 2. The third-order valence-corrected chi connectivity index (χ3v) is 3.51. The first-order valence-electron chi connectivity index (χ1n) is 8.56. The Morgan fingerprint density at radius 2 is 1.67 bits per heavy atom. The number of anilines is 1. The fraction of sp³-hybridized carbons (Fsp3) is 0.647. The monoisotopic (exact) mass is 400 g/mol. The third-order valence-electron chi connectivity index (χ3n) is 3.51. The smallest absolute Gasteiger partial charge is 0.366 e. The Morgan fingerprint density at radius 1 is 1.07 bits per heavy atom. The summed E-state index contributed by atoms with van der Waals surface area (Å²) in [6.07, 6.45) is -3.69. The van der Waals surface area contributed by atoms with Gasteiger partial charge in [0.15, 0.2) is 5.69 Å². The fourth-order valence-corrected chi connectivity index (χ4v) is 2.30. The molecule has 1 heterocycles. The van der Waals surface area contributed by atoms with E-state index in [9.17, 15) is 26.3 Å². The van der Waals surface area contributed by atoms with Gasteiger partial charge in [-0.3, -0.25) is 0 Å². The summed E-state index contributed by atoms with van der Waals surface area (Å²) in [6.45, 7) is 6.93. The van der Waals surface area contributed by atoms with Crippen molar-refractivity contribution in [3.63, 3.8) is 0 Å². The van der Waals surface area contributed by atoms with Gasteiger partial charge in [-0.15, -0.1) is 6.58 Å². The lowest BCUT2D eigenvalue weighted by molar-refractivity contribution is -0.141. The molecule has 0 aliphatic heterocycles. The summed E-state index contributed by atoms with van der Waals surface area (Å²) in [5.41, 5.74) is -0.965. The van der Waals surface area contributed by atoms with E-state index in [4.69, 9.17) is 0 Å². The first-order chi connectivity index (χ1) is 12.5. The van der Waals surface area contributed by atoms with Gasteiger partial charge in [-0.05, 0) is 26.3 Å². The molecule has 27 heavy (non-hydrogen) atoms. The van der Waals surface area contributed by atoms with E-state index in [1.807, 2.05) is 20.9 Å². The second-order valence-electron chi connectivity index (χ2n) is 5.53. The van der Waals surface area contributed by atoms with Crippen LogP contribution in [0.3, 0.4) is 0 Å². The van der Waals surface area contributed by atoms with Crippen molar-refractivity contribution in [3.8, 4) is 0 Å². The zero-order valence-electron chi connectivity index (χ0n) is 15.6. The SMILES string of the molecule is C=CCC(F)(F)F.CC.CNC1CCC(Nc2cnc(C(F)(F)F)cn2)C1. The summed E-state index contributed by atoms with van der Waals surface area (Å²) in [7, 11) is 1.91.